The first-order valence-corrected chi connectivity index (χ1v) is 17.4. The van der Waals surface area contributed by atoms with E-state index in [1.165, 1.54) is 96.3 Å². The monoisotopic (exact) mass is 522 g/mol. The molecule has 0 saturated carbocycles. The van der Waals surface area contributed by atoms with Crippen molar-refractivity contribution in [3.63, 3.8) is 0 Å². The molecular formula is C29H63O5P. The molecule has 0 aromatic rings. The van der Waals surface area contributed by atoms with E-state index in [0.29, 0.717) is 0 Å². The molecule has 0 aliphatic carbocycles. The predicted molar refractivity (Wildman–Crippen MR) is 154 cm³/mol. The molecule has 0 atom stereocenters. The summed E-state index contributed by atoms with van der Waals surface area (Å²) in [5.41, 5.74) is 0. The van der Waals surface area contributed by atoms with Gasteiger partial charge in [0.2, 0.25) is 0 Å². The molecule has 0 unspecified atom stereocenters. The van der Waals surface area contributed by atoms with E-state index in [4.69, 9.17) is 23.3 Å². The minimum atomic E-state index is -2.60. The fraction of sp³-hybridized carbons (Fsp3) is 1.00. The molecule has 214 valence electrons. The van der Waals surface area contributed by atoms with Gasteiger partial charge in [0.1, 0.15) is 0 Å². The summed E-state index contributed by atoms with van der Waals surface area (Å²) in [5, 5.41) is 0. The van der Waals surface area contributed by atoms with Crippen LogP contribution in [0.3, 0.4) is 0 Å². The van der Waals surface area contributed by atoms with E-state index < -0.39 is 13.0 Å². The zero-order valence-electron chi connectivity index (χ0n) is 24.8. The molecule has 0 aromatic carbocycles. The summed E-state index contributed by atoms with van der Waals surface area (Å²) < 4.78 is 29.3. The van der Waals surface area contributed by atoms with Crippen molar-refractivity contribution in [1.82, 2.24) is 0 Å². The molecule has 0 bridgehead atoms. The van der Waals surface area contributed by atoms with Crippen molar-refractivity contribution in [3.8, 4) is 0 Å². The van der Waals surface area contributed by atoms with E-state index in [-0.39, 0.29) is 0 Å². The SMILES string of the molecule is CCCCCCCCP(CCCCCCCC)(CCCCCCCC(OC)(OC)OC)(OC)OC. The van der Waals surface area contributed by atoms with Gasteiger partial charge >= 0.3 is 220 Å². The van der Waals surface area contributed by atoms with Gasteiger partial charge in [0.05, 0.1) is 0 Å². The van der Waals surface area contributed by atoms with Gasteiger partial charge in [-0.25, -0.2) is 0 Å². The Labute approximate surface area is 219 Å². The summed E-state index contributed by atoms with van der Waals surface area (Å²) in [6.07, 6.45) is 25.8. The number of ether oxygens (including phenoxy) is 3. The molecule has 6 heteroatoms. The molecule has 0 amide bonds. The van der Waals surface area contributed by atoms with E-state index in [1.54, 1.807) is 21.3 Å². The van der Waals surface area contributed by atoms with Crippen LogP contribution in [-0.2, 0) is 23.3 Å². The third-order valence-electron chi connectivity index (χ3n) is 8.02. The first-order chi connectivity index (χ1) is 16.9. The van der Waals surface area contributed by atoms with E-state index >= 15 is 0 Å². The maximum absolute atomic E-state index is 6.50. The van der Waals surface area contributed by atoms with Crippen LogP contribution in [0.15, 0.2) is 0 Å². The van der Waals surface area contributed by atoms with Crippen molar-refractivity contribution in [1.29, 1.82) is 0 Å². The fourth-order valence-corrected chi connectivity index (χ4v) is 10.0. The molecule has 0 N–H and O–H groups in total. The van der Waals surface area contributed by atoms with E-state index in [2.05, 4.69) is 13.8 Å². The third kappa shape index (κ3) is 14.1. The van der Waals surface area contributed by atoms with Gasteiger partial charge in [-0.3, -0.25) is 0 Å². The van der Waals surface area contributed by atoms with Gasteiger partial charge in [-0.05, 0) is 0 Å². The number of hydrogen-bond donors (Lipinski definition) is 0. The Balaban J connectivity index is 4.78. The standard InChI is InChI=1S/C29H63O5P/c1-8-10-12-14-18-22-26-35(33-6,34-7,27-23-19-15-13-11-9-2)28-24-20-16-17-21-25-29(30-3,31-4)32-5/h8-28H2,1-7H3. The Hall–Kier alpha value is 0.230. The van der Waals surface area contributed by atoms with Crippen molar-refractivity contribution in [2.75, 3.05) is 54.0 Å². The Kier molecular flexibility index (Phi) is 21.3. The van der Waals surface area contributed by atoms with E-state index in [0.717, 1.165) is 37.7 Å². The first-order valence-electron chi connectivity index (χ1n) is 14.7. The van der Waals surface area contributed by atoms with Crippen LogP contribution in [0.5, 0.6) is 0 Å². The molecule has 35 heavy (non-hydrogen) atoms. The fourth-order valence-electron chi connectivity index (χ4n) is 5.34. The van der Waals surface area contributed by atoms with Gasteiger partial charge in [0, 0.05) is 0 Å². The van der Waals surface area contributed by atoms with Crippen LogP contribution in [0.2, 0.25) is 0 Å². The summed E-state index contributed by atoms with van der Waals surface area (Å²) in [4.78, 5) is 0. The third-order valence-corrected chi connectivity index (χ3v) is 13.8. The Morgan fingerprint density at radius 2 is 0.743 bits per heavy atom. The molecule has 0 saturated heterocycles. The molecule has 0 radical (unpaired) electrons. The molecule has 0 heterocycles. The minimum absolute atomic E-state index is 0.752. The number of rotatable bonds is 27. The Morgan fingerprint density at radius 1 is 0.429 bits per heavy atom. The summed E-state index contributed by atoms with van der Waals surface area (Å²) in [5.74, 6) is -0.897. The molecule has 0 rings (SSSR count). The zero-order chi connectivity index (χ0) is 26.3. The predicted octanol–water partition coefficient (Wildman–Crippen LogP) is 9.32. The van der Waals surface area contributed by atoms with Crippen LogP contribution in [0.4, 0.5) is 0 Å². The van der Waals surface area contributed by atoms with Crippen molar-refractivity contribution < 1.29 is 23.3 Å². The van der Waals surface area contributed by atoms with Gasteiger partial charge in [-0.2, -0.15) is 0 Å². The molecule has 0 aliphatic heterocycles. The molecule has 5 nitrogen and oxygen atoms in total. The number of hydrogen-bond acceptors (Lipinski definition) is 5. The van der Waals surface area contributed by atoms with Crippen LogP contribution in [0.25, 0.3) is 0 Å². The van der Waals surface area contributed by atoms with Crippen molar-refractivity contribution in [2.24, 2.45) is 0 Å². The quantitative estimate of drug-likeness (QED) is 0.0611. The van der Waals surface area contributed by atoms with Crippen molar-refractivity contribution in [2.45, 2.75) is 135 Å². The van der Waals surface area contributed by atoms with Crippen LogP contribution in [-0.4, -0.2) is 60.0 Å². The second-order valence-electron chi connectivity index (χ2n) is 10.4. The first kappa shape index (κ1) is 35.2. The Morgan fingerprint density at radius 3 is 1.06 bits per heavy atom. The van der Waals surface area contributed by atoms with E-state index in [9.17, 15) is 0 Å². The zero-order valence-corrected chi connectivity index (χ0v) is 25.7. The maximum atomic E-state index is 6.50. The molecular weight excluding hydrogens is 459 g/mol. The average molecular weight is 523 g/mol. The van der Waals surface area contributed by atoms with Crippen LogP contribution in [0.1, 0.15) is 129 Å². The summed E-state index contributed by atoms with van der Waals surface area (Å²) in [6, 6.07) is 0. The molecule has 0 fully saturated rings. The van der Waals surface area contributed by atoms with Gasteiger partial charge < -0.3 is 0 Å². The molecule has 0 aliphatic rings. The van der Waals surface area contributed by atoms with Gasteiger partial charge in [0.15, 0.2) is 0 Å². The van der Waals surface area contributed by atoms with Gasteiger partial charge in [-0.1, -0.05) is 0 Å². The molecule has 0 aromatic heterocycles. The molecule has 0 spiro atoms. The van der Waals surface area contributed by atoms with Crippen molar-refractivity contribution in [3.05, 3.63) is 0 Å². The van der Waals surface area contributed by atoms with Crippen LogP contribution >= 0.6 is 7.06 Å². The Bertz CT molecular complexity index is 438. The van der Waals surface area contributed by atoms with Crippen LogP contribution in [0, 0.1) is 0 Å². The van der Waals surface area contributed by atoms with Crippen molar-refractivity contribution >= 4 is 7.06 Å². The van der Waals surface area contributed by atoms with Gasteiger partial charge in [0.25, 0.3) is 0 Å². The normalized spacial score (nSPS) is 13.7. The summed E-state index contributed by atoms with van der Waals surface area (Å²) in [7, 11) is 6.20. The average Bonchev–Trinajstić information content (AvgIpc) is 2.90. The second-order valence-corrected chi connectivity index (χ2v) is 15.5. The van der Waals surface area contributed by atoms with Crippen LogP contribution < -0.4 is 0 Å². The second kappa shape index (κ2) is 21.2. The topological polar surface area (TPSA) is 46.2 Å². The van der Waals surface area contributed by atoms with E-state index in [1.807, 2.05) is 14.2 Å². The number of unbranched alkanes of at least 4 members (excludes halogenated alkanes) is 14. The summed E-state index contributed by atoms with van der Waals surface area (Å²) >= 11 is 0. The number of methoxy groups -OCH3 is 3. The summed E-state index contributed by atoms with van der Waals surface area (Å²) in [6.45, 7) is 4.57. The van der Waals surface area contributed by atoms with Gasteiger partial charge in [-0.15, -0.1) is 0 Å².